The Hall–Kier alpha value is -7.00. The number of phosphoric ester groups is 1. The van der Waals surface area contributed by atoms with Crippen LogP contribution in [0, 0.1) is 6.92 Å². The van der Waals surface area contributed by atoms with Gasteiger partial charge in [-0.05, 0) is 73.5 Å². The first-order valence-corrected chi connectivity index (χ1v) is 33.1. The summed E-state index contributed by atoms with van der Waals surface area (Å²) in [6.45, 7) is 11.1. The Morgan fingerprint density at radius 1 is 0.811 bits per heavy atom. The number of aryl methyl sites for hydroxylation is 1. The van der Waals surface area contributed by atoms with Crippen LogP contribution in [0.2, 0.25) is 0 Å². The van der Waals surface area contributed by atoms with Crippen LogP contribution in [0.5, 0.6) is 0 Å². The number of imide groups is 1. The van der Waals surface area contributed by atoms with Crippen molar-refractivity contribution in [3.05, 3.63) is 124 Å². The lowest BCUT2D eigenvalue weighted by molar-refractivity contribution is -0.138. The third kappa shape index (κ3) is 20.2. The quantitative estimate of drug-likeness (QED) is 0.00817. The summed E-state index contributed by atoms with van der Waals surface area (Å²) in [6, 6.07) is 27.9. The van der Waals surface area contributed by atoms with E-state index in [-0.39, 0.29) is 75.3 Å². The van der Waals surface area contributed by atoms with Gasteiger partial charge in [-0.25, -0.2) is 15.4 Å². The fraction of sp³-hybridized carbons (Fsp3) is 0.469. The summed E-state index contributed by atoms with van der Waals surface area (Å²) >= 11 is 1.41. The SMILES string of the molecule is CC.COP(=O)(O)OCCCCCCSC1CC(=O)N(CCC(=O)NCCC(=O)N2Cc3ccccc3/C(N(N)CCOCCOCCOCCOCCOCCN(C)c3ccc(-c4cc(=O)c5ccc6[nH]c(C)nc6c5o4)cc3)=C(/N)c3ccccc32)C1=O. The molecule has 24 nitrogen and oxygen atoms in total. The summed E-state index contributed by atoms with van der Waals surface area (Å²) in [5.74, 6) is 7.37. The van der Waals surface area contributed by atoms with Crippen LogP contribution in [0.15, 0.2) is 100 Å². The maximum atomic E-state index is 14.0. The van der Waals surface area contributed by atoms with Crippen molar-refractivity contribution in [1.82, 2.24) is 25.2 Å². The Kier molecular flexibility index (Phi) is 28.3. The number of thioether (sulfide) groups is 1. The highest BCUT2D eigenvalue weighted by Crippen LogP contribution is 2.42. The van der Waals surface area contributed by atoms with Crippen molar-refractivity contribution in [2.45, 2.75) is 77.5 Å². The summed E-state index contributed by atoms with van der Waals surface area (Å²) in [7, 11) is -0.883. The Balaban J connectivity index is 0.00000570. The summed E-state index contributed by atoms with van der Waals surface area (Å²) in [5, 5.41) is 4.33. The van der Waals surface area contributed by atoms with Gasteiger partial charge < -0.3 is 63.8 Å². The molecular weight excluding hydrogens is 1200 g/mol. The average molecular weight is 1280 g/mol. The molecule has 26 heteroatoms. The van der Waals surface area contributed by atoms with E-state index in [9.17, 15) is 33.4 Å². The molecule has 1 saturated heterocycles. The van der Waals surface area contributed by atoms with Crippen LogP contribution in [0.3, 0.4) is 0 Å². The van der Waals surface area contributed by atoms with Gasteiger partial charge in [0.15, 0.2) is 11.0 Å². The number of nitrogens with zero attached hydrogens (tertiary/aromatic N) is 5. The third-order valence-corrected chi connectivity index (χ3v) is 17.1. The monoisotopic (exact) mass is 1280 g/mol. The maximum absolute atomic E-state index is 14.0. The summed E-state index contributed by atoms with van der Waals surface area (Å²) in [5.41, 5.74) is 14.3. The van der Waals surface area contributed by atoms with E-state index in [4.69, 9.17) is 44.2 Å². The molecule has 0 bridgehead atoms. The molecule has 488 valence electrons. The zero-order valence-electron chi connectivity index (χ0n) is 52.1. The molecule has 8 rings (SSSR count). The number of para-hydroxylation sites is 1. The first-order valence-electron chi connectivity index (χ1n) is 30.5. The summed E-state index contributed by atoms with van der Waals surface area (Å²) in [4.78, 5) is 87.7. The molecule has 4 heterocycles. The molecule has 2 unspecified atom stereocenters. The number of nitrogens with one attached hydrogen (secondary N) is 2. The van der Waals surface area contributed by atoms with E-state index in [2.05, 4.69) is 24.7 Å². The number of aromatic amines is 1. The minimum absolute atomic E-state index is 0.0259. The first-order chi connectivity index (χ1) is 43.6. The molecule has 4 aromatic carbocycles. The largest absolute Gasteiger partial charge is 0.471 e. The topological polar surface area (TPSA) is 306 Å². The van der Waals surface area contributed by atoms with Crippen LogP contribution in [-0.2, 0) is 63.0 Å². The Bertz CT molecular complexity index is 3460. The Morgan fingerprint density at radius 2 is 1.44 bits per heavy atom. The van der Waals surface area contributed by atoms with Gasteiger partial charge in [0.2, 0.25) is 23.6 Å². The second-order valence-electron chi connectivity index (χ2n) is 21.0. The lowest BCUT2D eigenvalue weighted by Crippen LogP contribution is -2.39. The zero-order chi connectivity index (χ0) is 64.4. The molecule has 90 heavy (non-hydrogen) atoms. The molecule has 2 aliphatic rings. The molecule has 2 atom stereocenters. The van der Waals surface area contributed by atoms with Crippen molar-refractivity contribution in [2.75, 3.05) is 129 Å². The van der Waals surface area contributed by atoms with E-state index in [1.54, 1.807) is 16.0 Å². The molecule has 2 aromatic heterocycles. The number of fused-ring (bicyclic) bond motifs is 5. The van der Waals surface area contributed by atoms with E-state index in [1.165, 1.54) is 17.8 Å². The van der Waals surface area contributed by atoms with Crippen LogP contribution in [0.4, 0.5) is 11.4 Å². The molecule has 0 spiro atoms. The number of ether oxygens (including phenoxy) is 5. The smallest absolute Gasteiger partial charge is 0.453 e. The fourth-order valence-corrected chi connectivity index (χ4v) is 11.7. The molecule has 6 aromatic rings. The van der Waals surface area contributed by atoms with Crippen LogP contribution in [0.25, 0.3) is 44.7 Å². The number of unbranched alkanes of at least 4 members (excludes halogenated alkanes) is 3. The van der Waals surface area contributed by atoms with Gasteiger partial charge in [-0.3, -0.25) is 37.9 Å². The van der Waals surface area contributed by atoms with Crippen molar-refractivity contribution >= 4 is 88.0 Å². The predicted octanol–water partition coefficient (Wildman–Crippen LogP) is 7.78. The van der Waals surface area contributed by atoms with Crippen LogP contribution < -0.4 is 32.1 Å². The second kappa shape index (κ2) is 36.1. The number of nitrogens with two attached hydrogens (primary N) is 2. The zero-order valence-corrected chi connectivity index (χ0v) is 53.8. The molecule has 0 radical (unpaired) electrons. The lowest BCUT2D eigenvalue weighted by Gasteiger charge is -2.33. The number of likely N-dealkylation sites (tertiary alicyclic amines) is 1. The predicted molar refractivity (Wildman–Crippen MR) is 348 cm³/mol. The number of carbonyl (C=O) groups is 4. The number of anilines is 2. The van der Waals surface area contributed by atoms with Gasteiger partial charge >= 0.3 is 7.82 Å². The number of imidazole rings is 1. The molecule has 7 N–H and O–H groups in total. The van der Waals surface area contributed by atoms with E-state index in [1.807, 2.05) is 107 Å². The van der Waals surface area contributed by atoms with Crippen molar-refractivity contribution < 1.29 is 65.8 Å². The number of carbonyl (C=O) groups excluding carboxylic acids is 4. The number of benzene rings is 4. The fourth-order valence-electron chi connectivity index (χ4n) is 10.1. The molecule has 4 amide bonds. The van der Waals surface area contributed by atoms with Crippen molar-refractivity contribution in [3.8, 4) is 11.3 Å². The highest BCUT2D eigenvalue weighted by molar-refractivity contribution is 8.00. The number of H-pyrrole nitrogens is 1. The number of phosphoric acid groups is 1. The van der Waals surface area contributed by atoms with Gasteiger partial charge in [0, 0.05) is 81.5 Å². The highest BCUT2D eigenvalue weighted by Gasteiger charge is 2.38. The van der Waals surface area contributed by atoms with E-state index in [0.717, 1.165) is 65.0 Å². The number of likely N-dealkylation sites (N-methyl/N-ethyl adjacent to an activating group) is 1. The van der Waals surface area contributed by atoms with E-state index < -0.39 is 19.0 Å². The number of rotatable bonds is 37. The second-order valence-corrected chi connectivity index (χ2v) is 23.8. The molecule has 0 aliphatic carbocycles. The van der Waals surface area contributed by atoms with Crippen LogP contribution >= 0.6 is 19.6 Å². The minimum Gasteiger partial charge on any atom is -0.453 e. The summed E-state index contributed by atoms with van der Waals surface area (Å²) in [6.07, 6.45) is 2.91. The molecular formula is C64H86N9O15PS. The number of aromatic nitrogens is 2. The number of hydrazine groups is 1. The minimum atomic E-state index is -3.98. The molecule has 2 aliphatic heterocycles. The van der Waals surface area contributed by atoms with Crippen molar-refractivity contribution in [2.24, 2.45) is 11.6 Å². The number of hydrogen-bond acceptors (Lipinski definition) is 20. The van der Waals surface area contributed by atoms with Gasteiger partial charge in [-0.1, -0.05) is 69.2 Å². The van der Waals surface area contributed by atoms with E-state index in [0.29, 0.717) is 130 Å². The molecule has 0 saturated carbocycles. The Morgan fingerprint density at radius 3 is 2.13 bits per heavy atom. The number of hydrogen-bond donors (Lipinski definition) is 5. The van der Waals surface area contributed by atoms with E-state index >= 15 is 0 Å². The standard InChI is InChI=1S/C62H80N9O15PS.C2H6/c1-43-66-50-21-20-49-52(72)40-53(86-61(49)59(50)67-43)44-16-18-46(19-17-44)68(2)26-29-80-31-33-82-35-37-84-38-36-83-34-32-81-30-27-71(64)60-47-13-7-6-12-45(47)42-70(51-15-9-8-14-48(51)58(60)63)56(74)22-24-65-55(73)23-25-69-57(75)41-54(62(69)76)88-39-11-5-4-10-28-85-87(77,78)79-3;1-2/h6-9,12-21,40,54H,4-5,10-11,22-39,41-42,63-64H2,1-3H3,(H,65,73)(H,66,67)(H,77,78);1-2H3/b60-58-;. The van der Waals surface area contributed by atoms with Gasteiger partial charge in [-0.2, -0.15) is 0 Å². The number of amides is 4. The average Bonchev–Trinajstić information content (AvgIpc) is 1.14. The first kappa shape index (κ1) is 70.5. The Labute approximate surface area is 529 Å². The normalized spacial score (nSPS) is 15.5. The van der Waals surface area contributed by atoms with Crippen molar-refractivity contribution in [3.63, 3.8) is 0 Å². The molecule has 1 fully saturated rings. The highest BCUT2D eigenvalue weighted by atomic mass is 32.2. The lowest BCUT2D eigenvalue weighted by atomic mass is 9.95. The van der Waals surface area contributed by atoms with Gasteiger partial charge in [-0.15, -0.1) is 11.8 Å². The third-order valence-electron chi connectivity index (χ3n) is 14.8. The van der Waals surface area contributed by atoms with Gasteiger partial charge in [0.05, 0.1) is 119 Å². The van der Waals surface area contributed by atoms with Crippen LogP contribution in [0.1, 0.15) is 81.3 Å². The van der Waals surface area contributed by atoms with Crippen molar-refractivity contribution in [1.29, 1.82) is 0 Å². The summed E-state index contributed by atoms with van der Waals surface area (Å²) < 4.78 is 55.5. The maximum Gasteiger partial charge on any atom is 0.471 e. The van der Waals surface area contributed by atoms with Gasteiger partial charge in [0.1, 0.15) is 17.1 Å². The van der Waals surface area contributed by atoms with Gasteiger partial charge in [0.25, 0.3) is 0 Å². The van der Waals surface area contributed by atoms with Crippen LogP contribution in [-0.4, -0.2) is 172 Å².